The average molecular weight is 537 g/mol. The largest absolute Gasteiger partial charge is 0.480 e. The number of nitrogens with one attached hydrogen (secondary N) is 2. The number of aliphatic carboxylic acids is 1. The minimum Gasteiger partial charge on any atom is -0.480 e. The van der Waals surface area contributed by atoms with E-state index in [9.17, 15) is 24.3 Å². The summed E-state index contributed by atoms with van der Waals surface area (Å²) in [6, 6.07) is -3.28. The van der Waals surface area contributed by atoms with Crippen LogP contribution in [0.5, 0.6) is 0 Å². The lowest BCUT2D eigenvalue weighted by atomic mass is 9.81. The Morgan fingerprint density at radius 1 is 0.842 bits per heavy atom. The molecule has 0 aromatic rings. The van der Waals surface area contributed by atoms with Crippen LogP contribution in [0.1, 0.15) is 105 Å². The van der Waals surface area contributed by atoms with Gasteiger partial charge in [-0.15, -0.1) is 0 Å². The fourth-order valence-corrected chi connectivity index (χ4v) is 5.96. The van der Waals surface area contributed by atoms with Gasteiger partial charge in [0.2, 0.25) is 17.7 Å². The van der Waals surface area contributed by atoms with Crippen molar-refractivity contribution >= 4 is 23.7 Å². The van der Waals surface area contributed by atoms with Gasteiger partial charge in [0.15, 0.2) is 0 Å². The summed E-state index contributed by atoms with van der Waals surface area (Å²) in [6.45, 7) is 7.75. The van der Waals surface area contributed by atoms with Crippen LogP contribution in [0.15, 0.2) is 0 Å². The number of hydrogen-bond donors (Lipinski definition) is 4. The summed E-state index contributed by atoms with van der Waals surface area (Å²) in [5.41, 5.74) is 6.20. The molecule has 2 aliphatic carbocycles. The molecule has 9 heteroatoms. The van der Waals surface area contributed by atoms with Crippen LogP contribution in [0.2, 0.25) is 0 Å². The number of carboxylic acids is 1. The van der Waals surface area contributed by atoms with Gasteiger partial charge in [-0.3, -0.25) is 14.4 Å². The Balaban J connectivity index is 2.31. The molecule has 5 atom stereocenters. The van der Waals surface area contributed by atoms with Crippen LogP contribution < -0.4 is 16.4 Å². The maximum absolute atomic E-state index is 13.8. The normalized spacial score (nSPS) is 21.1. The fourth-order valence-electron chi connectivity index (χ4n) is 5.96. The zero-order valence-corrected chi connectivity index (χ0v) is 24.2. The van der Waals surface area contributed by atoms with Gasteiger partial charge in [0.1, 0.15) is 18.1 Å². The van der Waals surface area contributed by atoms with Crippen molar-refractivity contribution in [1.82, 2.24) is 15.5 Å². The van der Waals surface area contributed by atoms with E-state index in [1.807, 2.05) is 27.7 Å². The highest BCUT2D eigenvalue weighted by Gasteiger charge is 2.40. The number of hydrogen-bond acceptors (Lipinski definition) is 5. The van der Waals surface area contributed by atoms with Gasteiger partial charge < -0.3 is 26.4 Å². The van der Waals surface area contributed by atoms with Gasteiger partial charge in [-0.2, -0.15) is 0 Å². The summed E-state index contributed by atoms with van der Waals surface area (Å²) in [5.74, 6) is -2.15. The number of likely N-dealkylation sites (N-methyl/N-ethyl adjacent to an activating group) is 1. The summed E-state index contributed by atoms with van der Waals surface area (Å²) in [4.78, 5) is 54.0. The number of rotatable bonds is 13. The molecule has 9 nitrogen and oxygen atoms in total. The number of nitrogens with zero attached hydrogens (tertiary/aromatic N) is 1. The van der Waals surface area contributed by atoms with Crippen LogP contribution in [-0.4, -0.2) is 64.9 Å². The van der Waals surface area contributed by atoms with Crippen molar-refractivity contribution in [3.05, 3.63) is 0 Å². The van der Waals surface area contributed by atoms with Gasteiger partial charge in [0.05, 0.1) is 6.04 Å². The molecule has 218 valence electrons. The van der Waals surface area contributed by atoms with Crippen molar-refractivity contribution in [2.75, 3.05) is 7.05 Å². The number of amides is 3. The van der Waals surface area contributed by atoms with E-state index in [1.54, 1.807) is 0 Å². The summed E-state index contributed by atoms with van der Waals surface area (Å²) < 4.78 is 0. The minimum absolute atomic E-state index is 0.0237. The van der Waals surface area contributed by atoms with Crippen molar-refractivity contribution in [3.63, 3.8) is 0 Å². The van der Waals surface area contributed by atoms with E-state index in [1.165, 1.54) is 11.9 Å². The van der Waals surface area contributed by atoms with E-state index in [4.69, 9.17) is 5.73 Å². The summed E-state index contributed by atoms with van der Waals surface area (Å²) >= 11 is 0. The van der Waals surface area contributed by atoms with Crippen LogP contribution in [-0.2, 0) is 19.2 Å². The van der Waals surface area contributed by atoms with Gasteiger partial charge in [-0.1, -0.05) is 72.6 Å². The minimum atomic E-state index is -1.05. The lowest BCUT2D eigenvalue weighted by molar-refractivity contribution is -0.152. The molecular formula is C29H52N4O5. The Hall–Kier alpha value is -2.16. The lowest BCUT2D eigenvalue weighted by Gasteiger charge is -2.37. The van der Waals surface area contributed by atoms with E-state index in [-0.39, 0.29) is 41.4 Å². The SMILES string of the molecule is CC[C@H](C)[C@@H](N)C(=O)N[C@@H](C(=O)N[C@@H](C(=O)N(C)[C@H](CC(C)C)C(=O)O)C1CCCCC1)C1CCCCC1. The fraction of sp³-hybridized carbons (Fsp3) is 0.862. The van der Waals surface area contributed by atoms with Crippen LogP contribution in [0.25, 0.3) is 0 Å². The van der Waals surface area contributed by atoms with Crippen LogP contribution >= 0.6 is 0 Å². The highest BCUT2D eigenvalue weighted by atomic mass is 16.4. The molecule has 38 heavy (non-hydrogen) atoms. The van der Waals surface area contributed by atoms with Gasteiger partial charge in [-0.05, 0) is 55.8 Å². The molecule has 5 N–H and O–H groups in total. The van der Waals surface area contributed by atoms with Gasteiger partial charge in [0, 0.05) is 7.05 Å². The molecule has 0 aliphatic heterocycles. The molecule has 0 aromatic carbocycles. The van der Waals surface area contributed by atoms with Crippen molar-refractivity contribution in [2.45, 2.75) is 129 Å². The molecule has 2 aliphatic rings. The van der Waals surface area contributed by atoms with E-state index in [2.05, 4.69) is 10.6 Å². The van der Waals surface area contributed by atoms with Crippen molar-refractivity contribution < 1.29 is 24.3 Å². The first-order chi connectivity index (χ1) is 18.0. The number of carboxylic acid groups (broad SMARTS) is 1. The van der Waals surface area contributed by atoms with Crippen molar-refractivity contribution in [3.8, 4) is 0 Å². The van der Waals surface area contributed by atoms with E-state index in [0.717, 1.165) is 70.6 Å². The first-order valence-corrected chi connectivity index (χ1v) is 14.8. The number of carbonyl (C=O) groups is 4. The molecule has 0 bridgehead atoms. The van der Waals surface area contributed by atoms with Crippen molar-refractivity contribution in [2.24, 2.45) is 29.4 Å². The molecule has 0 radical (unpaired) electrons. The molecule has 2 rings (SSSR count). The van der Waals surface area contributed by atoms with Gasteiger partial charge in [0.25, 0.3) is 0 Å². The average Bonchev–Trinajstić information content (AvgIpc) is 2.92. The van der Waals surface area contributed by atoms with Crippen LogP contribution in [0.3, 0.4) is 0 Å². The molecule has 0 heterocycles. The predicted molar refractivity (Wildman–Crippen MR) is 148 cm³/mol. The highest BCUT2D eigenvalue weighted by molar-refractivity contribution is 5.94. The Labute approximate surface area is 229 Å². The zero-order chi connectivity index (χ0) is 28.4. The molecular weight excluding hydrogens is 484 g/mol. The second-order valence-corrected chi connectivity index (χ2v) is 12.1. The molecule has 3 amide bonds. The maximum Gasteiger partial charge on any atom is 0.326 e. The van der Waals surface area contributed by atoms with Crippen LogP contribution in [0, 0.1) is 23.7 Å². The topological polar surface area (TPSA) is 142 Å². The van der Waals surface area contributed by atoms with Crippen molar-refractivity contribution in [1.29, 1.82) is 0 Å². The lowest BCUT2D eigenvalue weighted by Crippen LogP contribution is -2.61. The summed E-state index contributed by atoms with van der Waals surface area (Å²) in [5, 5.41) is 15.8. The van der Waals surface area contributed by atoms with E-state index < -0.39 is 30.1 Å². The smallest absolute Gasteiger partial charge is 0.326 e. The second kappa shape index (κ2) is 15.4. The third-order valence-corrected chi connectivity index (χ3v) is 8.74. The monoisotopic (exact) mass is 536 g/mol. The standard InChI is InChI=1S/C29H52N4O5/c1-6-19(4)23(30)26(34)31-24(20-13-9-7-10-14-20)27(35)32-25(21-15-11-8-12-16-21)28(36)33(5)22(29(37)38)17-18(2)3/h18-25H,6-17,30H2,1-5H3,(H,31,34)(H,32,35)(H,37,38)/t19-,22+,23+,24+,25+/m0/s1. The molecule has 2 saturated carbocycles. The Morgan fingerprint density at radius 3 is 1.76 bits per heavy atom. The molecule has 2 fully saturated rings. The Bertz CT molecular complexity index is 792. The predicted octanol–water partition coefficient (Wildman–Crippen LogP) is 3.45. The summed E-state index contributed by atoms with van der Waals surface area (Å²) in [7, 11) is 1.52. The number of carbonyl (C=O) groups excluding carboxylic acids is 3. The number of nitrogens with two attached hydrogens (primary N) is 1. The van der Waals surface area contributed by atoms with Gasteiger partial charge >= 0.3 is 5.97 Å². The second-order valence-electron chi connectivity index (χ2n) is 12.1. The quantitative estimate of drug-likeness (QED) is 0.284. The Morgan fingerprint density at radius 2 is 1.32 bits per heavy atom. The van der Waals surface area contributed by atoms with Gasteiger partial charge in [-0.25, -0.2) is 4.79 Å². The van der Waals surface area contributed by atoms with Crippen LogP contribution in [0.4, 0.5) is 0 Å². The Kier molecular flexibility index (Phi) is 13.0. The third kappa shape index (κ3) is 8.95. The first-order valence-electron chi connectivity index (χ1n) is 14.8. The first kappa shape index (κ1) is 32.1. The molecule has 0 saturated heterocycles. The van der Waals surface area contributed by atoms with E-state index >= 15 is 0 Å². The third-order valence-electron chi connectivity index (χ3n) is 8.74. The molecule has 0 aromatic heterocycles. The summed E-state index contributed by atoms with van der Waals surface area (Å²) in [6.07, 6.45) is 10.4. The maximum atomic E-state index is 13.8. The zero-order valence-electron chi connectivity index (χ0n) is 24.2. The molecule has 0 unspecified atom stereocenters. The molecule has 0 spiro atoms. The highest BCUT2D eigenvalue weighted by Crippen LogP contribution is 2.30. The van der Waals surface area contributed by atoms with E-state index in [0.29, 0.717) is 6.42 Å².